The lowest BCUT2D eigenvalue weighted by Crippen LogP contribution is -2.14. The zero-order valence-corrected chi connectivity index (χ0v) is 17.6. The summed E-state index contributed by atoms with van der Waals surface area (Å²) >= 11 is 6.51. The largest absolute Gasteiger partial charge is 0.454 e. The Morgan fingerprint density at radius 3 is 2.60 bits per heavy atom. The summed E-state index contributed by atoms with van der Waals surface area (Å²) in [5.74, 6) is 0.642. The van der Waals surface area contributed by atoms with E-state index in [4.69, 9.17) is 26.8 Å². The molecule has 1 aliphatic rings. The highest BCUT2D eigenvalue weighted by Crippen LogP contribution is 2.38. The fourth-order valence-corrected chi connectivity index (χ4v) is 4.02. The maximum atomic E-state index is 12.8. The van der Waals surface area contributed by atoms with Crippen LogP contribution in [-0.2, 0) is 13.0 Å². The lowest BCUT2D eigenvalue weighted by molar-refractivity contribution is 0.0983. The molecule has 0 saturated carbocycles. The van der Waals surface area contributed by atoms with Crippen molar-refractivity contribution in [1.29, 1.82) is 0 Å². The number of nitrogens with two attached hydrogens (primary N) is 1. The number of benzene rings is 1. The first-order valence-electron chi connectivity index (χ1n) is 9.87. The Balaban J connectivity index is 1.95. The number of nitrogens with zero attached hydrogens (tertiary/aromatic N) is 2. The summed E-state index contributed by atoms with van der Waals surface area (Å²) in [5, 5.41) is 1.24. The van der Waals surface area contributed by atoms with Gasteiger partial charge >= 0.3 is 0 Å². The standard InChI is InChI=1S/C22H22ClN3O4/c1-3-5-16-20(17(27)4-2)13-6-7-15(21(24)28)25-22(13)26(16)10-12-8-18-19(9-14(12)23)30-11-29-18/h6-9H,3-5,10-11H2,1-2H3,(H2,24,28). The molecule has 0 radical (unpaired) electrons. The Morgan fingerprint density at radius 2 is 1.93 bits per heavy atom. The van der Waals surface area contributed by atoms with Crippen molar-refractivity contribution in [2.24, 2.45) is 5.73 Å². The average Bonchev–Trinajstić information content (AvgIpc) is 3.30. The minimum atomic E-state index is -0.619. The summed E-state index contributed by atoms with van der Waals surface area (Å²) < 4.78 is 12.8. The molecule has 7 nitrogen and oxygen atoms in total. The summed E-state index contributed by atoms with van der Waals surface area (Å²) in [6.07, 6.45) is 1.90. The van der Waals surface area contributed by atoms with E-state index < -0.39 is 5.91 Å². The van der Waals surface area contributed by atoms with Gasteiger partial charge in [-0.05, 0) is 30.2 Å². The van der Waals surface area contributed by atoms with E-state index in [1.807, 2.05) is 17.6 Å². The summed E-state index contributed by atoms with van der Waals surface area (Å²) in [7, 11) is 0. The van der Waals surface area contributed by atoms with Crippen LogP contribution in [0.5, 0.6) is 11.5 Å². The maximum absolute atomic E-state index is 12.8. The zero-order valence-electron chi connectivity index (χ0n) is 16.8. The summed E-state index contributed by atoms with van der Waals surface area (Å²) in [4.78, 5) is 29.1. The second kappa shape index (κ2) is 7.99. The fraction of sp³-hybridized carbons (Fsp3) is 0.318. The van der Waals surface area contributed by atoms with Crippen LogP contribution in [0.25, 0.3) is 11.0 Å². The van der Waals surface area contributed by atoms with Gasteiger partial charge in [-0.15, -0.1) is 0 Å². The highest BCUT2D eigenvalue weighted by Gasteiger charge is 2.24. The van der Waals surface area contributed by atoms with Crippen molar-refractivity contribution < 1.29 is 19.1 Å². The molecule has 1 aromatic carbocycles. The van der Waals surface area contributed by atoms with E-state index in [0.717, 1.165) is 17.7 Å². The lowest BCUT2D eigenvalue weighted by Gasteiger charge is -2.13. The number of Topliss-reactive ketones (excluding diaryl/α,β-unsaturated/α-hetero) is 1. The van der Waals surface area contributed by atoms with E-state index in [2.05, 4.69) is 11.9 Å². The van der Waals surface area contributed by atoms with E-state index in [9.17, 15) is 9.59 Å². The number of hydrogen-bond donors (Lipinski definition) is 1. The summed E-state index contributed by atoms with van der Waals surface area (Å²) in [6.45, 7) is 4.41. The Labute approximate surface area is 178 Å². The molecule has 3 heterocycles. The third kappa shape index (κ3) is 3.39. The van der Waals surface area contributed by atoms with Crippen LogP contribution in [-0.4, -0.2) is 28.0 Å². The fourth-order valence-electron chi connectivity index (χ4n) is 3.81. The average molecular weight is 428 g/mol. The highest BCUT2D eigenvalue weighted by molar-refractivity contribution is 6.31. The Morgan fingerprint density at radius 1 is 1.20 bits per heavy atom. The molecule has 30 heavy (non-hydrogen) atoms. The van der Waals surface area contributed by atoms with E-state index in [1.165, 1.54) is 0 Å². The lowest BCUT2D eigenvalue weighted by atomic mass is 10.0. The smallest absolute Gasteiger partial charge is 0.267 e. The Kier molecular flexibility index (Phi) is 5.39. The van der Waals surface area contributed by atoms with Crippen LogP contribution in [0.1, 0.15) is 58.8 Å². The quantitative estimate of drug-likeness (QED) is 0.572. The molecule has 0 unspecified atom stereocenters. The second-order valence-corrected chi connectivity index (χ2v) is 7.57. The normalized spacial score (nSPS) is 12.5. The second-order valence-electron chi connectivity index (χ2n) is 7.16. The molecule has 0 fully saturated rings. The van der Waals surface area contributed by atoms with Crippen molar-refractivity contribution in [2.75, 3.05) is 6.79 Å². The monoisotopic (exact) mass is 427 g/mol. The number of primary amides is 1. The highest BCUT2D eigenvalue weighted by atomic mass is 35.5. The van der Waals surface area contributed by atoms with Crippen molar-refractivity contribution >= 4 is 34.3 Å². The molecule has 1 aliphatic heterocycles. The third-order valence-corrected chi connectivity index (χ3v) is 5.58. The minimum Gasteiger partial charge on any atom is -0.454 e. The van der Waals surface area contributed by atoms with Gasteiger partial charge in [-0.3, -0.25) is 9.59 Å². The van der Waals surface area contributed by atoms with Gasteiger partial charge in [0.1, 0.15) is 11.3 Å². The number of amides is 1. The number of rotatable bonds is 7. The van der Waals surface area contributed by atoms with Crippen LogP contribution < -0.4 is 15.2 Å². The molecule has 8 heteroatoms. The maximum Gasteiger partial charge on any atom is 0.267 e. The van der Waals surface area contributed by atoms with Gasteiger partial charge < -0.3 is 19.8 Å². The number of carbonyl (C=O) groups is 2. The van der Waals surface area contributed by atoms with Crippen LogP contribution in [0.15, 0.2) is 24.3 Å². The number of carbonyl (C=O) groups excluding carboxylic acids is 2. The predicted octanol–water partition coefficient (Wildman–Crippen LogP) is 4.11. The molecule has 2 N–H and O–H groups in total. The molecule has 0 spiro atoms. The first kappa shape index (κ1) is 20.2. The molecule has 1 amide bonds. The van der Waals surface area contributed by atoms with Crippen molar-refractivity contribution in [1.82, 2.24) is 9.55 Å². The predicted molar refractivity (Wildman–Crippen MR) is 114 cm³/mol. The van der Waals surface area contributed by atoms with Crippen molar-refractivity contribution in [3.63, 3.8) is 0 Å². The van der Waals surface area contributed by atoms with Crippen molar-refractivity contribution in [2.45, 2.75) is 39.7 Å². The van der Waals surface area contributed by atoms with Crippen LogP contribution in [0.4, 0.5) is 0 Å². The first-order valence-corrected chi connectivity index (χ1v) is 10.3. The molecule has 156 valence electrons. The molecule has 3 aromatic rings. The molecular formula is C22H22ClN3O4. The van der Waals surface area contributed by atoms with E-state index >= 15 is 0 Å². The van der Waals surface area contributed by atoms with E-state index in [1.54, 1.807) is 18.2 Å². The van der Waals surface area contributed by atoms with Crippen LogP contribution in [0.2, 0.25) is 5.02 Å². The number of ketones is 1. The number of fused-ring (bicyclic) bond motifs is 2. The Hall–Kier alpha value is -3.06. The third-order valence-electron chi connectivity index (χ3n) is 5.22. The van der Waals surface area contributed by atoms with E-state index in [-0.39, 0.29) is 18.3 Å². The van der Waals surface area contributed by atoms with Crippen molar-refractivity contribution in [3.05, 3.63) is 51.8 Å². The van der Waals surface area contributed by atoms with Gasteiger partial charge in [0.25, 0.3) is 5.91 Å². The summed E-state index contributed by atoms with van der Waals surface area (Å²) in [6, 6.07) is 6.88. The Bertz CT molecular complexity index is 1170. The number of ether oxygens (including phenoxy) is 2. The molecule has 0 bridgehead atoms. The SMILES string of the molecule is CCCc1c(C(=O)CC)c2ccc(C(N)=O)nc2n1Cc1cc2c(cc1Cl)OCO2. The zero-order chi connectivity index (χ0) is 21.4. The van der Waals surface area contributed by atoms with Gasteiger partial charge in [0, 0.05) is 34.2 Å². The number of halogens is 1. The van der Waals surface area contributed by atoms with Gasteiger partial charge in [0.15, 0.2) is 17.3 Å². The molecule has 0 aliphatic carbocycles. The summed E-state index contributed by atoms with van der Waals surface area (Å²) in [5.41, 5.74) is 8.47. The van der Waals surface area contributed by atoms with Crippen LogP contribution in [0, 0.1) is 0 Å². The number of aromatic nitrogens is 2. The van der Waals surface area contributed by atoms with Gasteiger partial charge in [-0.2, -0.15) is 0 Å². The molecule has 0 atom stereocenters. The number of pyridine rings is 1. The topological polar surface area (TPSA) is 96.4 Å². The molecular weight excluding hydrogens is 406 g/mol. The van der Waals surface area contributed by atoms with Crippen LogP contribution in [0.3, 0.4) is 0 Å². The van der Waals surface area contributed by atoms with Gasteiger partial charge in [0.05, 0.1) is 6.54 Å². The number of hydrogen-bond acceptors (Lipinski definition) is 5. The molecule has 0 saturated heterocycles. The van der Waals surface area contributed by atoms with Crippen LogP contribution >= 0.6 is 11.6 Å². The minimum absolute atomic E-state index is 0.0348. The molecule has 2 aromatic heterocycles. The van der Waals surface area contributed by atoms with Gasteiger partial charge in [-0.25, -0.2) is 4.98 Å². The van der Waals surface area contributed by atoms with Gasteiger partial charge in [-0.1, -0.05) is 31.9 Å². The first-order chi connectivity index (χ1) is 14.4. The van der Waals surface area contributed by atoms with Gasteiger partial charge in [0.2, 0.25) is 6.79 Å². The van der Waals surface area contributed by atoms with E-state index in [0.29, 0.717) is 52.5 Å². The van der Waals surface area contributed by atoms with Crippen molar-refractivity contribution in [3.8, 4) is 11.5 Å². The molecule has 4 rings (SSSR count).